The second kappa shape index (κ2) is 9.16. The Morgan fingerprint density at radius 2 is 1.86 bits per heavy atom. The van der Waals surface area contributed by atoms with Gasteiger partial charge in [0.1, 0.15) is 11.6 Å². The smallest absolute Gasteiger partial charge is 0.234 e. The quantitative estimate of drug-likeness (QED) is 0.742. The molecule has 2 heterocycles. The third-order valence-corrected chi connectivity index (χ3v) is 5.13. The van der Waals surface area contributed by atoms with Crippen LogP contribution >= 0.6 is 12.2 Å². The predicted molar refractivity (Wildman–Crippen MR) is 113 cm³/mol. The Morgan fingerprint density at radius 1 is 1.11 bits per heavy atom. The number of rotatable bonds is 5. The van der Waals surface area contributed by atoms with Gasteiger partial charge in [-0.2, -0.15) is 9.97 Å². The number of nitrogens with zero attached hydrogens (tertiary/aromatic N) is 3. The predicted octanol–water partition coefficient (Wildman–Crippen LogP) is 3.33. The minimum absolute atomic E-state index is 0.433. The first-order valence-corrected chi connectivity index (χ1v) is 10.2. The van der Waals surface area contributed by atoms with Gasteiger partial charge in [0.25, 0.3) is 0 Å². The van der Waals surface area contributed by atoms with E-state index in [2.05, 4.69) is 25.5 Å². The van der Waals surface area contributed by atoms with Crippen molar-refractivity contribution in [3.8, 4) is 11.6 Å². The van der Waals surface area contributed by atoms with Crippen LogP contribution in [0.25, 0.3) is 0 Å². The molecular formula is C20H25N5O2S. The van der Waals surface area contributed by atoms with Crippen LogP contribution in [0.3, 0.4) is 0 Å². The van der Waals surface area contributed by atoms with E-state index in [9.17, 15) is 0 Å². The zero-order valence-electron chi connectivity index (χ0n) is 15.8. The number of para-hydroxylation sites is 1. The van der Waals surface area contributed by atoms with Gasteiger partial charge < -0.3 is 25.0 Å². The Morgan fingerprint density at radius 3 is 2.61 bits per heavy atom. The summed E-state index contributed by atoms with van der Waals surface area (Å²) in [6, 6.07) is 11.9. The number of ether oxygens (including phenoxy) is 2. The van der Waals surface area contributed by atoms with E-state index in [1.807, 2.05) is 36.4 Å². The van der Waals surface area contributed by atoms with Gasteiger partial charge in [-0.15, -0.1) is 0 Å². The van der Waals surface area contributed by atoms with Crippen molar-refractivity contribution < 1.29 is 9.47 Å². The third kappa shape index (κ3) is 5.08. The summed E-state index contributed by atoms with van der Waals surface area (Å²) < 4.78 is 11.4. The highest BCUT2D eigenvalue weighted by Crippen LogP contribution is 2.25. The zero-order valence-corrected chi connectivity index (χ0v) is 16.6. The summed E-state index contributed by atoms with van der Waals surface area (Å²) in [7, 11) is 0. The molecule has 7 nitrogen and oxygen atoms in total. The molecule has 0 spiro atoms. The first-order chi connectivity index (χ1) is 13.8. The molecule has 0 atom stereocenters. The van der Waals surface area contributed by atoms with Crippen molar-refractivity contribution in [3.63, 3.8) is 0 Å². The summed E-state index contributed by atoms with van der Waals surface area (Å²) in [6.45, 7) is 2.94. The maximum Gasteiger partial charge on any atom is 0.234 e. The lowest BCUT2D eigenvalue weighted by molar-refractivity contribution is 0.122. The molecule has 28 heavy (non-hydrogen) atoms. The van der Waals surface area contributed by atoms with Gasteiger partial charge in [0.15, 0.2) is 5.11 Å². The summed E-state index contributed by atoms with van der Waals surface area (Å²) in [6.07, 6.45) is 4.80. The highest BCUT2D eigenvalue weighted by Gasteiger charge is 2.18. The summed E-state index contributed by atoms with van der Waals surface area (Å²) in [5.74, 6) is 2.45. The van der Waals surface area contributed by atoms with Gasteiger partial charge in [0.05, 0.1) is 13.2 Å². The summed E-state index contributed by atoms with van der Waals surface area (Å²) in [4.78, 5) is 11.3. The van der Waals surface area contributed by atoms with Crippen LogP contribution in [-0.2, 0) is 4.74 Å². The SMILES string of the molecule is S=C(Nc1nc(Oc2ccccc2)cc(N2CCOCC2)n1)NC1CCCC1. The van der Waals surface area contributed by atoms with E-state index in [0.717, 1.165) is 37.5 Å². The van der Waals surface area contributed by atoms with Crippen molar-refractivity contribution >= 4 is 29.1 Å². The molecule has 1 aliphatic carbocycles. The molecule has 0 radical (unpaired) electrons. The molecule has 0 bridgehead atoms. The van der Waals surface area contributed by atoms with Gasteiger partial charge in [-0.3, -0.25) is 0 Å². The van der Waals surface area contributed by atoms with Crippen LogP contribution in [0.15, 0.2) is 36.4 Å². The van der Waals surface area contributed by atoms with E-state index < -0.39 is 0 Å². The summed E-state index contributed by atoms with van der Waals surface area (Å²) >= 11 is 5.47. The molecule has 1 aliphatic heterocycles. The molecule has 1 saturated heterocycles. The Bertz CT molecular complexity index is 792. The average Bonchev–Trinajstić information content (AvgIpc) is 3.22. The monoisotopic (exact) mass is 399 g/mol. The molecule has 1 aromatic heterocycles. The average molecular weight is 400 g/mol. The lowest BCUT2D eigenvalue weighted by atomic mass is 10.3. The van der Waals surface area contributed by atoms with E-state index in [-0.39, 0.29) is 0 Å². The molecule has 1 saturated carbocycles. The topological polar surface area (TPSA) is 71.5 Å². The fourth-order valence-corrected chi connectivity index (χ4v) is 3.74. The molecular weight excluding hydrogens is 374 g/mol. The summed E-state index contributed by atoms with van der Waals surface area (Å²) in [5, 5.41) is 7.05. The van der Waals surface area contributed by atoms with Crippen LogP contribution in [0.4, 0.5) is 11.8 Å². The number of aromatic nitrogens is 2. The molecule has 148 valence electrons. The lowest BCUT2D eigenvalue weighted by Crippen LogP contribution is -2.38. The fraction of sp³-hybridized carbons (Fsp3) is 0.450. The number of nitrogens with one attached hydrogen (secondary N) is 2. The van der Waals surface area contributed by atoms with Crippen LogP contribution in [0.5, 0.6) is 11.6 Å². The number of morpholine rings is 1. The molecule has 2 N–H and O–H groups in total. The number of hydrogen-bond acceptors (Lipinski definition) is 6. The van der Waals surface area contributed by atoms with Crippen LogP contribution in [0, 0.1) is 0 Å². The lowest BCUT2D eigenvalue weighted by Gasteiger charge is -2.28. The molecule has 8 heteroatoms. The first-order valence-electron chi connectivity index (χ1n) is 9.78. The highest BCUT2D eigenvalue weighted by atomic mass is 32.1. The van der Waals surface area contributed by atoms with E-state index in [0.29, 0.717) is 36.2 Å². The van der Waals surface area contributed by atoms with Crippen molar-refractivity contribution in [2.24, 2.45) is 0 Å². The molecule has 0 amide bonds. The van der Waals surface area contributed by atoms with Crippen molar-refractivity contribution in [1.82, 2.24) is 15.3 Å². The zero-order chi connectivity index (χ0) is 19.2. The van der Waals surface area contributed by atoms with E-state index >= 15 is 0 Å². The standard InChI is InChI=1S/C20H25N5O2S/c28-20(21-15-6-4-5-7-15)24-19-22-17(25-10-12-26-13-11-25)14-18(23-19)27-16-8-2-1-3-9-16/h1-3,8-9,14-15H,4-7,10-13H2,(H2,21,22,23,24,28). The minimum Gasteiger partial charge on any atom is -0.439 e. The third-order valence-electron chi connectivity index (χ3n) is 4.91. The molecule has 2 fully saturated rings. The second-order valence-corrected chi connectivity index (χ2v) is 7.39. The maximum absolute atomic E-state index is 5.95. The normalized spacial score (nSPS) is 17.4. The number of benzene rings is 1. The highest BCUT2D eigenvalue weighted by molar-refractivity contribution is 7.80. The van der Waals surface area contributed by atoms with Crippen molar-refractivity contribution in [3.05, 3.63) is 36.4 Å². The van der Waals surface area contributed by atoms with Crippen LogP contribution in [0.2, 0.25) is 0 Å². The Labute approximate surface area is 170 Å². The Hall–Kier alpha value is -2.45. The van der Waals surface area contributed by atoms with Crippen LogP contribution in [-0.4, -0.2) is 47.4 Å². The molecule has 1 aromatic carbocycles. The van der Waals surface area contributed by atoms with Gasteiger partial charge in [0.2, 0.25) is 11.8 Å². The molecule has 2 aliphatic rings. The van der Waals surface area contributed by atoms with Gasteiger partial charge in [-0.1, -0.05) is 31.0 Å². The fourth-order valence-electron chi connectivity index (χ4n) is 3.48. The second-order valence-electron chi connectivity index (χ2n) is 6.98. The first kappa shape index (κ1) is 18.9. The van der Waals surface area contributed by atoms with Gasteiger partial charge in [0, 0.05) is 25.2 Å². The summed E-state index contributed by atoms with van der Waals surface area (Å²) in [5.41, 5.74) is 0. The minimum atomic E-state index is 0.433. The van der Waals surface area contributed by atoms with Crippen LogP contribution < -0.4 is 20.3 Å². The maximum atomic E-state index is 5.95. The number of thiocarbonyl (C=S) groups is 1. The largest absolute Gasteiger partial charge is 0.439 e. The Balaban J connectivity index is 1.53. The van der Waals surface area contributed by atoms with Gasteiger partial charge >= 0.3 is 0 Å². The van der Waals surface area contributed by atoms with Gasteiger partial charge in [-0.25, -0.2) is 0 Å². The van der Waals surface area contributed by atoms with E-state index in [1.165, 1.54) is 12.8 Å². The molecule has 2 aromatic rings. The Kier molecular flexibility index (Phi) is 6.18. The van der Waals surface area contributed by atoms with Crippen LogP contribution in [0.1, 0.15) is 25.7 Å². The van der Waals surface area contributed by atoms with E-state index in [4.69, 9.17) is 21.7 Å². The van der Waals surface area contributed by atoms with Gasteiger partial charge in [-0.05, 0) is 37.2 Å². The number of anilines is 2. The number of hydrogen-bond donors (Lipinski definition) is 2. The van der Waals surface area contributed by atoms with Crippen molar-refractivity contribution in [1.29, 1.82) is 0 Å². The molecule has 0 unspecified atom stereocenters. The van der Waals surface area contributed by atoms with E-state index in [1.54, 1.807) is 0 Å². The molecule has 4 rings (SSSR count). The van der Waals surface area contributed by atoms with Crippen molar-refractivity contribution in [2.45, 2.75) is 31.7 Å². The van der Waals surface area contributed by atoms with Crippen molar-refractivity contribution in [2.75, 3.05) is 36.5 Å².